The number of ether oxygens (including phenoxy) is 2. The van der Waals surface area contributed by atoms with E-state index in [0.717, 1.165) is 0 Å². The summed E-state index contributed by atoms with van der Waals surface area (Å²) in [5.41, 5.74) is 1.02. The van der Waals surface area contributed by atoms with Crippen LogP contribution >= 0.6 is 11.6 Å². The molecule has 1 heterocycles. The van der Waals surface area contributed by atoms with Crippen LogP contribution in [0.3, 0.4) is 0 Å². The van der Waals surface area contributed by atoms with E-state index in [0.29, 0.717) is 28.3 Å². The number of rotatable bonds is 7. The molecule has 2 aromatic rings. The van der Waals surface area contributed by atoms with Crippen molar-refractivity contribution in [3.63, 3.8) is 0 Å². The Bertz CT molecular complexity index is 1000. The minimum atomic E-state index is -3.83. The highest BCUT2D eigenvalue weighted by Crippen LogP contribution is 2.30. The van der Waals surface area contributed by atoms with E-state index in [1.54, 1.807) is 19.1 Å². The third-order valence-electron chi connectivity index (χ3n) is 4.15. The van der Waals surface area contributed by atoms with Gasteiger partial charge in [0.15, 0.2) is 11.9 Å². The molecule has 9 heteroatoms. The van der Waals surface area contributed by atoms with E-state index in [1.807, 2.05) is 0 Å². The zero-order valence-electron chi connectivity index (χ0n) is 15.0. The Labute approximate surface area is 167 Å². The lowest BCUT2D eigenvalue weighted by molar-refractivity contribution is -0.150. The van der Waals surface area contributed by atoms with E-state index < -0.39 is 34.4 Å². The van der Waals surface area contributed by atoms with Crippen molar-refractivity contribution in [1.82, 2.24) is 4.72 Å². The van der Waals surface area contributed by atoms with E-state index in [2.05, 4.69) is 4.72 Å². The van der Waals surface area contributed by atoms with Gasteiger partial charge in [-0.25, -0.2) is 17.9 Å². The molecule has 1 N–H and O–H groups in total. The minimum absolute atomic E-state index is 0.0179. The molecule has 0 fully saturated rings. The second kappa shape index (κ2) is 8.30. The van der Waals surface area contributed by atoms with Crippen LogP contribution in [-0.2, 0) is 26.0 Å². The Hall–Kier alpha value is -2.42. The molecular formula is C19H18ClNO6S. The van der Waals surface area contributed by atoms with Gasteiger partial charge in [0, 0.05) is 17.0 Å². The first-order valence-corrected chi connectivity index (χ1v) is 10.4. The SMILES string of the molecule is CCOC(=O)C1Cc2cc(C(=O)CNS(=O)(=O)c3ccc(Cl)cc3)ccc2O1. The fourth-order valence-corrected chi connectivity index (χ4v) is 3.86. The van der Waals surface area contributed by atoms with Crippen molar-refractivity contribution < 1.29 is 27.5 Å². The molecule has 148 valence electrons. The predicted molar refractivity (Wildman–Crippen MR) is 102 cm³/mol. The quantitative estimate of drug-likeness (QED) is 0.542. The summed E-state index contributed by atoms with van der Waals surface area (Å²) < 4.78 is 37.3. The molecule has 0 amide bonds. The number of carbonyl (C=O) groups is 2. The maximum absolute atomic E-state index is 12.4. The molecule has 1 atom stereocenters. The van der Waals surface area contributed by atoms with E-state index in [4.69, 9.17) is 21.1 Å². The van der Waals surface area contributed by atoms with Crippen molar-refractivity contribution >= 4 is 33.4 Å². The molecule has 0 bridgehead atoms. The fraction of sp³-hybridized carbons (Fsp3) is 0.263. The highest BCUT2D eigenvalue weighted by molar-refractivity contribution is 7.89. The number of fused-ring (bicyclic) bond motifs is 1. The molecule has 0 spiro atoms. The van der Waals surface area contributed by atoms with E-state index in [1.165, 1.54) is 30.3 Å². The van der Waals surface area contributed by atoms with Gasteiger partial charge in [-0.05, 0) is 55.0 Å². The molecule has 0 radical (unpaired) electrons. The predicted octanol–water partition coefficient (Wildman–Crippen LogP) is 2.37. The summed E-state index contributed by atoms with van der Waals surface area (Å²) in [6.07, 6.45) is -0.435. The molecule has 28 heavy (non-hydrogen) atoms. The summed E-state index contributed by atoms with van der Waals surface area (Å²) in [6.45, 7) is 1.57. The fourth-order valence-electron chi connectivity index (χ4n) is 2.75. The number of esters is 1. The van der Waals surface area contributed by atoms with Gasteiger partial charge < -0.3 is 9.47 Å². The molecule has 7 nitrogen and oxygen atoms in total. The summed E-state index contributed by atoms with van der Waals surface area (Å²) in [5, 5.41) is 0.413. The van der Waals surface area contributed by atoms with Gasteiger partial charge >= 0.3 is 5.97 Å². The minimum Gasteiger partial charge on any atom is -0.478 e. The third-order valence-corrected chi connectivity index (χ3v) is 5.82. The molecule has 1 unspecified atom stereocenters. The van der Waals surface area contributed by atoms with E-state index in [9.17, 15) is 18.0 Å². The topological polar surface area (TPSA) is 98.8 Å². The average Bonchev–Trinajstić information content (AvgIpc) is 3.10. The van der Waals surface area contributed by atoms with Gasteiger partial charge in [-0.3, -0.25) is 4.79 Å². The van der Waals surface area contributed by atoms with Crippen molar-refractivity contribution in [1.29, 1.82) is 0 Å². The van der Waals surface area contributed by atoms with Crippen LogP contribution in [0.1, 0.15) is 22.8 Å². The molecule has 3 rings (SSSR count). The highest BCUT2D eigenvalue weighted by Gasteiger charge is 2.30. The molecule has 0 aliphatic carbocycles. The number of hydrogen-bond donors (Lipinski definition) is 1. The maximum atomic E-state index is 12.4. The first-order chi connectivity index (χ1) is 13.3. The van der Waals surface area contributed by atoms with Gasteiger partial charge in [0.05, 0.1) is 18.0 Å². The number of hydrogen-bond acceptors (Lipinski definition) is 6. The van der Waals surface area contributed by atoms with Crippen LogP contribution in [0.2, 0.25) is 5.02 Å². The van der Waals surface area contributed by atoms with E-state index >= 15 is 0 Å². The molecule has 0 aromatic heterocycles. The lowest BCUT2D eigenvalue weighted by Gasteiger charge is -2.08. The third kappa shape index (κ3) is 4.52. The Morgan fingerprint density at radius 3 is 2.61 bits per heavy atom. The zero-order valence-corrected chi connectivity index (χ0v) is 16.5. The molecule has 1 aliphatic heterocycles. The molecule has 1 aliphatic rings. The number of ketones is 1. The number of benzene rings is 2. The van der Waals surface area contributed by atoms with E-state index in [-0.39, 0.29) is 11.5 Å². The van der Waals surface area contributed by atoms with Crippen LogP contribution in [0, 0.1) is 0 Å². The Morgan fingerprint density at radius 2 is 1.93 bits per heavy atom. The molecule has 2 aromatic carbocycles. The second-order valence-electron chi connectivity index (χ2n) is 6.09. The lowest BCUT2D eigenvalue weighted by Crippen LogP contribution is -2.29. The summed E-state index contributed by atoms with van der Waals surface area (Å²) in [4.78, 5) is 24.2. The summed E-state index contributed by atoms with van der Waals surface area (Å²) in [6, 6.07) is 10.4. The lowest BCUT2D eigenvalue weighted by atomic mass is 10.0. The van der Waals surface area contributed by atoms with Crippen LogP contribution in [0.5, 0.6) is 5.75 Å². The van der Waals surface area contributed by atoms with Gasteiger partial charge in [0.2, 0.25) is 10.0 Å². The monoisotopic (exact) mass is 423 g/mol. The number of sulfonamides is 1. The smallest absolute Gasteiger partial charge is 0.347 e. The number of halogens is 1. The van der Waals surface area contributed by atoms with Crippen molar-refractivity contribution in [2.75, 3.05) is 13.2 Å². The van der Waals surface area contributed by atoms with Crippen LogP contribution < -0.4 is 9.46 Å². The number of nitrogens with one attached hydrogen (secondary N) is 1. The largest absolute Gasteiger partial charge is 0.478 e. The van der Waals surface area contributed by atoms with Crippen LogP contribution in [0.4, 0.5) is 0 Å². The summed E-state index contributed by atoms with van der Waals surface area (Å²) >= 11 is 5.75. The number of carbonyl (C=O) groups excluding carboxylic acids is 2. The van der Waals surface area contributed by atoms with Crippen molar-refractivity contribution in [2.24, 2.45) is 0 Å². The second-order valence-corrected chi connectivity index (χ2v) is 8.29. The van der Waals surface area contributed by atoms with Crippen LogP contribution in [0.25, 0.3) is 0 Å². The zero-order chi connectivity index (χ0) is 20.3. The highest BCUT2D eigenvalue weighted by atomic mass is 35.5. The van der Waals surface area contributed by atoms with Crippen LogP contribution in [0.15, 0.2) is 47.4 Å². The first-order valence-electron chi connectivity index (χ1n) is 8.55. The average molecular weight is 424 g/mol. The molecule has 0 saturated carbocycles. The molecular weight excluding hydrogens is 406 g/mol. The summed E-state index contributed by atoms with van der Waals surface area (Å²) in [7, 11) is -3.83. The first kappa shape index (κ1) is 20.3. The maximum Gasteiger partial charge on any atom is 0.347 e. The van der Waals surface area contributed by atoms with Crippen molar-refractivity contribution in [3.05, 3.63) is 58.6 Å². The standard InChI is InChI=1S/C19H18ClNO6S/c1-2-26-19(23)18-10-13-9-12(3-8-17(13)27-18)16(22)11-21-28(24,25)15-6-4-14(20)5-7-15/h3-9,18,21H,2,10-11H2,1H3. The normalized spacial score (nSPS) is 15.6. The van der Waals surface area contributed by atoms with Crippen molar-refractivity contribution in [3.8, 4) is 5.75 Å². The van der Waals surface area contributed by atoms with Gasteiger partial charge in [-0.15, -0.1) is 0 Å². The summed E-state index contributed by atoms with van der Waals surface area (Å²) in [5.74, 6) is -0.349. The number of Topliss-reactive ketones (excluding diaryl/α,β-unsaturated/α-hetero) is 1. The van der Waals surface area contributed by atoms with Gasteiger partial charge in [0.1, 0.15) is 5.75 Å². The van der Waals surface area contributed by atoms with Gasteiger partial charge in [-0.1, -0.05) is 11.6 Å². The molecule has 0 saturated heterocycles. The Balaban J connectivity index is 1.66. The van der Waals surface area contributed by atoms with Crippen molar-refractivity contribution in [2.45, 2.75) is 24.3 Å². The van der Waals surface area contributed by atoms with Crippen LogP contribution in [-0.4, -0.2) is 39.4 Å². The van der Waals surface area contributed by atoms with Gasteiger partial charge in [-0.2, -0.15) is 0 Å². The Kier molecular flexibility index (Phi) is 6.02. The van der Waals surface area contributed by atoms with Gasteiger partial charge in [0.25, 0.3) is 0 Å². The Morgan fingerprint density at radius 1 is 1.21 bits per heavy atom.